The van der Waals surface area contributed by atoms with Crippen molar-refractivity contribution in [1.82, 2.24) is 10.2 Å². The highest BCUT2D eigenvalue weighted by Crippen LogP contribution is 2.44. The molecule has 0 saturated carbocycles. The van der Waals surface area contributed by atoms with Crippen molar-refractivity contribution in [3.05, 3.63) is 53.6 Å². The van der Waals surface area contributed by atoms with Crippen LogP contribution in [-0.2, 0) is 4.79 Å². The van der Waals surface area contributed by atoms with Crippen LogP contribution >= 0.6 is 0 Å². The van der Waals surface area contributed by atoms with E-state index in [-0.39, 0.29) is 17.4 Å². The molecule has 166 valence electrons. The van der Waals surface area contributed by atoms with Gasteiger partial charge in [-0.1, -0.05) is 18.2 Å². The molecule has 1 amide bonds. The Kier molecular flexibility index (Phi) is 6.51. The summed E-state index contributed by atoms with van der Waals surface area (Å²) in [6, 6.07) is 6.05. The van der Waals surface area contributed by atoms with E-state index >= 15 is 0 Å². The number of amides is 1. The van der Waals surface area contributed by atoms with Crippen LogP contribution in [0.4, 0.5) is 0 Å². The fourth-order valence-electron chi connectivity index (χ4n) is 4.84. The van der Waals surface area contributed by atoms with E-state index in [0.29, 0.717) is 0 Å². The molecule has 3 aliphatic rings. The van der Waals surface area contributed by atoms with E-state index in [0.717, 1.165) is 68.9 Å². The zero-order chi connectivity index (χ0) is 21.8. The highest BCUT2D eigenvalue weighted by Gasteiger charge is 2.37. The molecular formula is C26H34N2O3. The molecule has 5 heteroatoms. The van der Waals surface area contributed by atoms with E-state index < -0.39 is 0 Å². The van der Waals surface area contributed by atoms with Crippen molar-refractivity contribution in [1.29, 1.82) is 0 Å². The highest BCUT2D eigenvalue weighted by molar-refractivity contribution is 5.88. The van der Waals surface area contributed by atoms with E-state index in [9.17, 15) is 4.79 Å². The zero-order valence-electron chi connectivity index (χ0n) is 18.9. The first-order chi connectivity index (χ1) is 15.1. The van der Waals surface area contributed by atoms with Crippen LogP contribution in [0, 0.1) is 5.92 Å². The van der Waals surface area contributed by atoms with Crippen LogP contribution < -0.4 is 14.8 Å². The van der Waals surface area contributed by atoms with Crippen molar-refractivity contribution >= 4 is 11.5 Å². The molecule has 0 bridgehead atoms. The summed E-state index contributed by atoms with van der Waals surface area (Å²) in [5.74, 6) is 1.90. The van der Waals surface area contributed by atoms with Crippen LogP contribution in [0.25, 0.3) is 5.57 Å². The molecule has 2 heterocycles. The molecule has 0 radical (unpaired) electrons. The van der Waals surface area contributed by atoms with Crippen molar-refractivity contribution in [2.75, 3.05) is 33.3 Å². The molecule has 0 aromatic heterocycles. The number of nitrogens with zero attached hydrogens (tertiary/aromatic N) is 1. The van der Waals surface area contributed by atoms with Gasteiger partial charge in [-0.05, 0) is 75.2 Å². The third-order valence-electron chi connectivity index (χ3n) is 6.70. The number of methoxy groups -OCH3 is 1. The molecule has 1 fully saturated rings. The maximum Gasteiger partial charge on any atom is 0.229 e. The molecule has 1 unspecified atom stereocenters. The van der Waals surface area contributed by atoms with Crippen molar-refractivity contribution < 1.29 is 14.3 Å². The van der Waals surface area contributed by atoms with E-state index in [2.05, 4.69) is 35.7 Å². The molecule has 1 aliphatic carbocycles. The number of ether oxygens (including phenoxy) is 2. The van der Waals surface area contributed by atoms with Gasteiger partial charge in [0.1, 0.15) is 17.1 Å². The van der Waals surface area contributed by atoms with Gasteiger partial charge in [-0.25, -0.2) is 0 Å². The third-order valence-corrected chi connectivity index (χ3v) is 6.70. The number of hydrogen-bond donors (Lipinski definition) is 1. The summed E-state index contributed by atoms with van der Waals surface area (Å²) < 4.78 is 12.0. The minimum absolute atomic E-state index is 0.0632. The van der Waals surface area contributed by atoms with Crippen LogP contribution in [0.3, 0.4) is 0 Å². The number of rotatable bonds is 5. The van der Waals surface area contributed by atoms with E-state index in [1.807, 2.05) is 30.9 Å². The average Bonchev–Trinajstić information content (AvgIpc) is 3.06. The Hall–Kier alpha value is -2.53. The van der Waals surface area contributed by atoms with Crippen LogP contribution in [0.15, 0.2) is 48.1 Å². The molecule has 1 saturated heterocycles. The average molecular weight is 423 g/mol. The van der Waals surface area contributed by atoms with Crippen LogP contribution in [0.1, 0.15) is 45.1 Å². The van der Waals surface area contributed by atoms with Gasteiger partial charge in [0.05, 0.1) is 13.0 Å². The van der Waals surface area contributed by atoms with E-state index in [4.69, 9.17) is 9.47 Å². The smallest absolute Gasteiger partial charge is 0.229 e. The van der Waals surface area contributed by atoms with Gasteiger partial charge in [-0.2, -0.15) is 0 Å². The number of carbonyl (C=O) groups excluding carboxylic acids is 1. The summed E-state index contributed by atoms with van der Waals surface area (Å²) >= 11 is 0. The Morgan fingerprint density at radius 2 is 2.03 bits per heavy atom. The van der Waals surface area contributed by atoms with E-state index in [1.165, 1.54) is 11.1 Å². The molecule has 1 N–H and O–H groups in total. The lowest BCUT2D eigenvalue weighted by atomic mass is 9.83. The Balaban J connectivity index is 1.69. The number of piperidine rings is 1. The predicted octanol–water partition coefficient (Wildman–Crippen LogP) is 4.35. The Morgan fingerprint density at radius 1 is 1.26 bits per heavy atom. The van der Waals surface area contributed by atoms with Crippen molar-refractivity contribution in [2.24, 2.45) is 5.92 Å². The standard InChI is InChI=1S/C26H34N2O3/c1-4-28(5-2)25(29)20-8-6-7-19(9-10-20)23-18-26(13-15-27-16-14-26)31-24-12-11-21(30-3)17-22(23)24/h7,9-12,17-18,20,27H,4-6,8,13-16H2,1-3H3. The quantitative estimate of drug-likeness (QED) is 0.766. The normalized spacial score (nSPS) is 22.0. The second-order valence-corrected chi connectivity index (χ2v) is 8.55. The summed E-state index contributed by atoms with van der Waals surface area (Å²) in [4.78, 5) is 14.8. The summed E-state index contributed by atoms with van der Waals surface area (Å²) in [6.45, 7) is 7.50. The molecule has 2 aliphatic heterocycles. The molecular weight excluding hydrogens is 388 g/mol. The first-order valence-corrected chi connectivity index (χ1v) is 11.6. The van der Waals surface area contributed by atoms with Gasteiger partial charge in [0.2, 0.25) is 5.91 Å². The molecule has 5 nitrogen and oxygen atoms in total. The Bertz CT molecular complexity index is 905. The van der Waals surface area contributed by atoms with Crippen molar-refractivity contribution in [3.8, 4) is 11.5 Å². The predicted molar refractivity (Wildman–Crippen MR) is 124 cm³/mol. The topological polar surface area (TPSA) is 50.8 Å². The fraction of sp³-hybridized carbons (Fsp3) is 0.500. The molecule has 4 rings (SSSR count). The van der Waals surface area contributed by atoms with Crippen LogP contribution in [0.5, 0.6) is 11.5 Å². The molecule has 1 spiro atoms. The maximum absolute atomic E-state index is 12.9. The number of allylic oxidation sites excluding steroid dienone is 4. The Morgan fingerprint density at radius 3 is 2.74 bits per heavy atom. The van der Waals surface area contributed by atoms with Gasteiger partial charge in [-0.3, -0.25) is 4.79 Å². The minimum atomic E-state index is -0.278. The number of hydrogen-bond acceptors (Lipinski definition) is 4. The monoisotopic (exact) mass is 422 g/mol. The summed E-state index contributed by atoms with van der Waals surface area (Å²) in [5.41, 5.74) is 3.15. The lowest BCUT2D eigenvalue weighted by molar-refractivity contribution is -0.133. The minimum Gasteiger partial charge on any atom is -0.497 e. The summed E-state index contributed by atoms with van der Waals surface area (Å²) in [6.07, 6.45) is 12.5. The van der Waals surface area contributed by atoms with Crippen LogP contribution in [0.2, 0.25) is 0 Å². The lowest BCUT2D eigenvalue weighted by Gasteiger charge is -2.40. The summed E-state index contributed by atoms with van der Waals surface area (Å²) in [5, 5.41) is 3.44. The van der Waals surface area contributed by atoms with Gasteiger partial charge in [0.15, 0.2) is 0 Å². The van der Waals surface area contributed by atoms with Crippen molar-refractivity contribution in [3.63, 3.8) is 0 Å². The first kappa shape index (κ1) is 21.7. The SMILES string of the molecule is CCN(CC)C(=O)C1C=CC(C2=CC3(CCNCC3)Oc3ccc(OC)cc32)=CCC1. The molecule has 1 aromatic rings. The highest BCUT2D eigenvalue weighted by atomic mass is 16.5. The maximum atomic E-state index is 12.9. The number of fused-ring (bicyclic) bond motifs is 1. The largest absolute Gasteiger partial charge is 0.497 e. The second-order valence-electron chi connectivity index (χ2n) is 8.55. The lowest BCUT2D eigenvalue weighted by Crippen LogP contribution is -2.46. The third kappa shape index (κ3) is 4.42. The van der Waals surface area contributed by atoms with Crippen LogP contribution in [-0.4, -0.2) is 49.7 Å². The molecule has 31 heavy (non-hydrogen) atoms. The van der Waals surface area contributed by atoms with Crippen molar-refractivity contribution in [2.45, 2.75) is 45.1 Å². The van der Waals surface area contributed by atoms with E-state index in [1.54, 1.807) is 7.11 Å². The van der Waals surface area contributed by atoms with Gasteiger partial charge in [-0.15, -0.1) is 0 Å². The van der Waals surface area contributed by atoms with Gasteiger partial charge in [0, 0.05) is 31.5 Å². The number of carbonyl (C=O) groups is 1. The van der Waals surface area contributed by atoms with Gasteiger partial charge < -0.3 is 19.7 Å². The molecule has 1 aromatic carbocycles. The first-order valence-electron chi connectivity index (χ1n) is 11.6. The zero-order valence-corrected chi connectivity index (χ0v) is 18.9. The number of nitrogens with one attached hydrogen (secondary N) is 1. The second kappa shape index (κ2) is 9.31. The van der Waals surface area contributed by atoms with Gasteiger partial charge in [0.25, 0.3) is 0 Å². The molecule has 1 atom stereocenters. The number of benzene rings is 1. The Labute approximate surface area is 185 Å². The fourth-order valence-corrected chi connectivity index (χ4v) is 4.84. The van der Waals surface area contributed by atoms with Gasteiger partial charge >= 0.3 is 0 Å². The summed E-state index contributed by atoms with van der Waals surface area (Å²) in [7, 11) is 1.69.